The molecule has 0 saturated heterocycles. The topological polar surface area (TPSA) is 54.7 Å². The van der Waals surface area contributed by atoms with Gasteiger partial charge in [0, 0.05) is 6.42 Å². The number of halogens is 2. The molecule has 5 heteroatoms. The van der Waals surface area contributed by atoms with Crippen molar-refractivity contribution in [1.29, 1.82) is 0 Å². The first-order valence-corrected chi connectivity index (χ1v) is 3.25. The summed E-state index contributed by atoms with van der Waals surface area (Å²) in [6.45, 7) is 0. The lowest BCUT2D eigenvalue weighted by molar-refractivity contribution is 0.519. The minimum Gasteiger partial charge on any atom is -0.317 e. The number of nitrogens with zero attached hydrogens (tertiary/aromatic N) is 1. The van der Waals surface area contributed by atoms with E-state index in [0.29, 0.717) is 0 Å². The molecule has 1 aromatic rings. The minimum absolute atomic E-state index is 0.00190. The highest BCUT2D eigenvalue weighted by molar-refractivity contribution is 5.08. The number of hydrogen-bond acceptors (Lipinski definition) is 2. The van der Waals surface area contributed by atoms with Crippen LogP contribution >= 0.6 is 0 Å². The highest BCUT2D eigenvalue weighted by Gasteiger charge is 2.11. The Balaban J connectivity index is 2.76. The SMILES string of the molecule is C#CC(N)Cc1[nH]c(F)nc1F. The number of terminal acetylenes is 1. The number of aromatic nitrogens is 2. The van der Waals surface area contributed by atoms with E-state index in [2.05, 4.69) is 15.9 Å². The molecule has 1 atom stereocenters. The normalized spacial score (nSPS) is 12.5. The van der Waals surface area contributed by atoms with Crippen LogP contribution in [0.15, 0.2) is 0 Å². The first kappa shape index (κ1) is 8.68. The lowest BCUT2D eigenvalue weighted by Crippen LogP contribution is -2.20. The second-order valence-electron chi connectivity index (χ2n) is 2.27. The number of imidazole rings is 1. The summed E-state index contributed by atoms with van der Waals surface area (Å²) < 4.78 is 24.8. The first-order chi connectivity index (χ1) is 5.63. The Morgan fingerprint density at radius 3 is 2.75 bits per heavy atom. The fourth-order valence-electron chi connectivity index (χ4n) is 0.772. The van der Waals surface area contributed by atoms with Gasteiger partial charge in [-0.1, -0.05) is 5.92 Å². The summed E-state index contributed by atoms with van der Waals surface area (Å²) >= 11 is 0. The van der Waals surface area contributed by atoms with E-state index in [1.54, 1.807) is 0 Å². The summed E-state index contributed by atoms with van der Waals surface area (Å²) in [6.07, 6.45) is 4.04. The van der Waals surface area contributed by atoms with Crippen LogP contribution in [0.2, 0.25) is 0 Å². The van der Waals surface area contributed by atoms with Gasteiger partial charge in [0.2, 0.25) is 5.95 Å². The van der Waals surface area contributed by atoms with Crippen LogP contribution < -0.4 is 5.73 Å². The fourth-order valence-corrected chi connectivity index (χ4v) is 0.772. The van der Waals surface area contributed by atoms with Gasteiger partial charge in [-0.3, -0.25) is 0 Å². The molecule has 0 aliphatic carbocycles. The van der Waals surface area contributed by atoms with Gasteiger partial charge >= 0.3 is 0 Å². The van der Waals surface area contributed by atoms with Gasteiger partial charge in [-0.2, -0.15) is 13.8 Å². The monoisotopic (exact) mass is 171 g/mol. The van der Waals surface area contributed by atoms with Gasteiger partial charge < -0.3 is 10.7 Å². The molecule has 12 heavy (non-hydrogen) atoms. The third-order valence-corrected chi connectivity index (χ3v) is 1.34. The maximum absolute atomic E-state index is 12.6. The Morgan fingerprint density at radius 1 is 1.67 bits per heavy atom. The number of nitrogens with two attached hydrogens (primary N) is 1. The molecular formula is C7H7F2N3. The Bertz CT molecular complexity index is 313. The fraction of sp³-hybridized carbons (Fsp3) is 0.286. The highest BCUT2D eigenvalue weighted by Crippen LogP contribution is 2.04. The molecule has 1 aromatic heterocycles. The predicted molar refractivity (Wildman–Crippen MR) is 39.0 cm³/mol. The van der Waals surface area contributed by atoms with Crippen LogP contribution in [-0.2, 0) is 6.42 Å². The van der Waals surface area contributed by atoms with Crippen molar-refractivity contribution >= 4 is 0 Å². The molecule has 0 saturated carbocycles. The van der Waals surface area contributed by atoms with Crippen molar-refractivity contribution in [1.82, 2.24) is 9.97 Å². The van der Waals surface area contributed by atoms with E-state index in [4.69, 9.17) is 12.2 Å². The molecule has 1 rings (SSSR count). The number of aromatic amines is 1. The Hall–Kier alpha value is -1.41. The van der Waals surface area contributed by atoms with Crippen molar-refractivity contribution < 1.29 is 8.78 Å². The molecule has 0 bridgehead atoms. The van der Waals surface area contributed by atoms with Gasteiger partial charge in [0.25, 0.3) is 6.08 Å². The third-order valence-electron chi connectivity index (χ3n) is 1.34. The average molecular weight is 171 g/mol. The van der Waals surface area contributed by atoms with Crippen molar-refractivity contribution in [3.8, 4) is 12.3 Å². The van der Waals surface area contributed by atoms with Crippen LogP contribution in [0.4, 0.5) is 8.78 Å². The maximum Gasteiger partial charge on any atom is 0.289 e. The largest absolute Gasteiger partial charge is 0.317 e. The van der Waals surface area contributed by atoms with Crippen molar-refractivity contribution in [3.63, 3.8) is 0 Å². The quantitative estimate of drug-likeness (QED) is 0.624. The molecule has 3 nitrogen and oxygen atoms in total. The van der Waals surface area contributed by atoms with Gasteiger partial charge in [-0.15, -0.1) is 6.42 Å². The van der Waals surface area contributed by atoms with Crippen molar-refractivity contribution in [2.75, 3.05) is 0 Å². The molecular weight excluding hydrogens is 164 g/mol. The third kappa shape index (κ3) is 1.80. The van der Waals surface area contributed by atoms with Gasteiger partial charge in [-0.25, -0.2) is 0 Å². The molecule has 0 aliphatic heterocycles. The van der Waals surface area contributed by atoms with E-state index >= 15 is 0 Å². The summed E-state index contributed by atoms with van der Waals surface area (Å²) in [5.41, 5.74) is 5.31. The molecule has 1 heterocycles. The van der Waals surface area contributed by atoms with Crippen LogP contribution in [-0.4, -0.2) is 16.0 Å². The summed E-state index contributed by atoms with van der Waals surface area (Å²) in [7, 11) is 0. The zero-order chi connectivity index (χ0) is 9.14. The second kappa shape index (κ2) is 3.32. The van der Waals surface area contributed by atoms with E-state index in [9.17, 15) is 8.78 Å². The van der Waals surface area contributed by atoms with E-state index in [0.717, 1.165) is 0 Å². The maximum atomic E-state index is 12.6. The number of rotatable bonds is 2. The van der Waals surface area contributed by atoms with Crippen LogP contribution in [0.1, 0.15) is 5.69 Å². The van der Waals surface area contributed by atoms with Crippen molar-refractivity contribution in [2.45, 2.75) is 12.5 Å². The van der Waals surface area contributed by atoms with Crippen LogP contribution in [0.5, 0.6) is 0 Å². The smallest absolute Gasteiger partial charge is 0.289 e. The molecule has 0 amide bonds. The molecule has 0 fully saturated rings. The Morgan fingerprint density at radius 2 is 2.33 bits per heavy atom. The van der Waals surface area contributed by atoms with Crippen LogP contribution in [0.25, 0.3) is 0 Å². The van der Waals surface area contributed by atoms with Crippen LogP contribution in [0, 0.1) is 24.4 Å². The molecule has 3 N–H and O–H groups in total. The Kier molecular flexibility index (Phi) is 2.41. The van der Waals surface area contributed by atoms with Crippen LogP contribution in [0.3, 0.4) is 0 Å². The molecule has 1 unspecified atom stereocenters. The van der Waals surface area contributed by atoms with Crippen molar-refractivity contribution in [2.24, 2.45) is 5.73 Å². The molecule has 0 aromatic carbocycles. The van der Waals surface area contributed by atoms with E-state index in [1.165, 1.54) is 0 Å². The van der Waals surface area contributed by atoms with E-state index < -0.39 is 18.1 Å². The standard InChI is InChI=1S/C7H7F2N3/c1-2-4(10)3-5-6(8)12-7(9)11-5/h1,4H,3,10H2,(H,11,12). The van der Waals surface area contributed by atoms with Gasteiger partial charge in [0.1, 0.15) is 0 Å². The molecule has 0 aliphatic rings. The van der Waals surface area contributed by atoms with Gasteiger partial charge in [-0.05, 0) is 0 Å². The van der Waals surface area contributed by atoms with Gasteiger partial charge in [0.05, 0.1) is 11.7 Å². The minimum atomic E-state index is -0.966. The zero-order valence-electron chi connectivity index (χ0n) is 6.14. The Labute approximate surface area is 68.0 Å². The number of H-pyrrole nitrogens is 1. The summed E-state index contributed by atoms with van der Waals surface area (Å²) in [5.74, 6) is 1.30. The molecule has 0 radical (unpaired) electrons. The number of nitrogens with one attached hydrogen (secondary N) is 1. The van der Waals surface area contributed by atoms with Crippen molar-refractivity contribution in [3.05, 3.63) is 17.7 Å². The highest BCUT2D eigenvalue weighted by atomic mass is 19.1. The van der Waals surface area contributed by atoms with Gasteiger partial charge in [0.15, 0.2) is 0 Å². The lowest BCUT2D eigenvalue weighted by Gasteiger charge is -1.99. The summed E-state index contributed by atoms with van der Waals surface area (Å²) in [4.78, 5) is 4.97. The predicted octanol–water partition coefficient (Wildman–Crippen LogP) is 0.191. The summed E-state index contributed by atoms with van der Waals surface area (Å²) in [5, 5.41) is 0. The zero-order valence-corrected chi connectivity index (χ0v) is 6.14. The number of hydrogen-bond donors (Lipinski definition) is 2. The lowest BCUT2D eigenvalue weighted by atomic mass is 10.2. The first-order valence-electron chi connectivity index (χ1n) is 3.25. The molecule has 64 valence electrons. The molecule has 0 spiro atoms. The average Bonchev–Trinajstić information content (AvgIpc) is 2.30. The second-order valence-corrected chi connectivity index (χ2v) is 2.27. The summed E-state index contributed by atoms with van der Waals surface area (Å²) in [6, 6.07) is -0.626. The van der Waals surface area contributed by atoms with E-state index in [1.807, 2.05) is 0 Å². The van der Waals surface area contributed by atoms with E-state index in [-0.39, 0.29) is 12.1 Å².